The molecular weight excluding hydrogens is 248 g/mol. The van der Waals surface area contributed by atoms with Crippen molar-refractivity contribution in [2.45, 2.75) is 12.8 Å². The van der Waals surface area contributed by atoms with Gasteiger partial charge in [-0.15, -0.1) is 10.2 Å². The number of nitrogens with zero attached hydrogens (tertiary/aromatic N) is 2. The second-order valence-corrected chi connectivity index (χ2v) is 4.29. The van der Waals surface area contributed by atoms with Crippen molar-refractivity contribution in [1.29, 1.82) is 0 Å². The lowest BCUT2D eigenvalue weighted by Crippen LogP contribution is -2.30. The monoisotopic (exact) mass is 264 g/mol. The SMILES string of the molecule is COC(=O)c1ccc(NCCNC(=O)C2CC2)nn1. The number of amides is 1. The van der Waals surface area contributed by atoms with Gasteiger partial charge in [-0.2, -0.15) is 0 Å². The molecule has 0 bridgehead atoms. The Labute approximate surface area is 110 Å². The Balaban J connectivity index is 1.70. The second-order valence-electron chi connectivity index (χ2n) is 4.29. The van der Waals surface area contributed by atoms with Gasteiger partial charge in [0.25, 0.3) is 0 Å². The molecule has 0 atom stereocenters. The third-order valence-electron chi connectivity index (χ3n) is 2.74. The predicted octanol–water partition coefficient (Wildman–Crippen LogP) is 0.201. The van der Waals surface area contributed by atoms with Gasteiger partial charge in [0, 0.05) is 19.0 Å². The number of carbonyl (C=O) groups is 2. The first-order valence-electron chi connectivity index (χ1n) is 6.14. The Morgan fingerprint density at radius 2 is 2.11 bits per heavy atom. The molecular formula is C12H16N4O3. The van der Waals surface area contributed by atoms with Gasteiger partial charge in [-0.1, -0.05) is 0 Å². The summed E-state index contributed by atoms with van der Waals surface area (Å²) in [5.41, 5.74) is 0.162. The van der Waals surface area contributed by atoms with Crippen molar-refractivity contribution in [2.24, 2.45) is 5.92 Å². The van der Waals surface area contributed by atoms with E-state index in [9.17, 15) is 9.59 Å². The van der Waals surface area contributed by atoms with Gasteiger partial charge in [-0.25, -0.2) is 4.79 Å². The lowest BCUT2D eigenvalue weighted by atomic mass is 10.4. The first-order valence-corrected chi connectivity index (χ1v) is 6.14. The normalized spacial score (nSPS) is 13.7. The summed E-state index contributed by atoms with van der Waals surface area (Å²) in [5, 5.41) is 13.4. The van der Waals surface area contributed by atoms with E-state index in [-0.39, 0.29) is 17.5 Å². The number of aromatic nitrogens is 2. The molecule has 1 aliphatic carbocycles. The van der Waals surface area contributed by atoms with E-state index >= 15 is 0 Å². The van der Waals surface area contributed by atoms with Crippen molar-refractivity contribution < 1.29 is 14.3 Å². The molecule has 1 amide bonds. The summed E-state index contributed by atoms with van der Waals surface area (Å²) in [7, 11) is 1.29. The van der Waals surface area contributed by atoms with Crippen LogP contribution < -0.4 is 10.6 Å². The summed E-state index contributed by atoms with van der Waals surface area (Å²) in [6.07, 6.45) is 2.00. The fourth-order valence-electron chi connectivity index (χ4n) is 1.51. The lowest BCUT2D eigenvalue weighted by molar-refractivity contribution is -0.122. The highest BCUT2D eigenvalue weighted by Crippen LogP contribution is 2.28. The molecule has 0 radical (unpaired) electrons. The van der Waals surface area contributed by atoms with Crippen LogP contribution in [0.15, 0.2) is 12.1 Å². The Morgan fingerprint density at radius 1 is 1.32 bits per heavy atom. The van der Waals surface area contributed by atoms with Crippen molar-refractivity contribution in [3.63, 3.8) is 0 Å². The van der Waals surface area contributed by atoms with E-state index in [2.05, 4.69) is 25.6 Å². The van der Waals surface area contributed by atoms with Crippen molar-refractivity contribution in [3.05, 3.63) is 17.8 Å². The van der Waals surface area contributed by atoms with E-state index in [0.717, 1.165) is 12.8 Å². The summed E-state index contributed by atoms with van der Waals surface area (Å²) in [5.74, 6) is 0.372. The number of methoxy groups -OCH3 is 1. The average molecular weight is 264 g/mol. The van der Waals surface area contributed by atoms with Crippen molar-refractivity contribution in [1.82, 2.24) is 15.5 Å². The van der Waals surface area contributed by atoms with Gasteiger partial charge < -0.3 is 15.4 Å². The molecule has 1 fully saturated rings. The number of anilines is 1. The number of rotatable bonds is 6. The molecule has 1 heterocycles. The van der Waals surface area contributed by atoms with Gasteiger partial charge in [0.2, 0.25) is 5.91 Å². The quantitative estimate of drug-likeness (QED) is 0.563. The van der Waals surface area contributed by atoms with Gasteiger partial charge in [0.05, 0.1) is 7.11 Å². The summed E-state index contributed by atoms with van der Waals surface area (Å²) in [6, 6.07) is 3.17. The molecule has 102 valence electrons. The van der Waals surface area contributed by atoms with Crippen LogP contribution in [0.25, 0.3) is 0 Å². The van der Waals surface area contributed by atoms with Crippen molar-refractivity contribution >= 4 is 17.7 Å². The van der Waals surface area contributed by atoms with Crippen LogP contribution in [0.3, 0.4) is 0 Å². The minimum absolute atomic E-state index is 0.119. The zero-order chi connectivity index (χ0) is 13.7. The second kappa shape index (κ2) is 6.12. The lowest BCUT2D eigenvalue weighted by Gasteiger charge is -2.06. The van der Waals surface area contributed by atoms with E-state index in [1.165, 1.54) is 13.2 Å². The van der Waals surface area contributed by atoms with Crippen LogP contribution >= 0.6 is 0 Å². The average Bonchev–Trinajstić information content (AvgIpc) is 3.27. The standard InChI is InChI=1S/C12H16N4O3/c1-19-12(18)9-4-5-10(16-15-9)13-6-7-14-11(17)8-2-3-8/h4-5,8H,2-3,6-7H2,1H3,(H,13,16)(H,14,17). The summed E-state index contributed by atoms with van der Waals surface area (Å²) >= 11 is 0. The van der Waals surface area contributed by atoms with E-state index in [4.69, 9.17) is 0 Å². The van der Waals surface area contributed by atoms with Gasteiger partial charge in [0.15, 0.2) is 5.69 Å². The number of esters is 1. The topological polar surface area (TPSA) is 93.2 Å². The molecule has 7 nitrogen and oxygen atoms in total. The zero-order valence-electron chi connectivity index (χ0n) is 10.7. The Hall–Kier alpha value is -2.18. The van der Waals surface area contributed by atoms with Crippen LogP contribution in [0.2, 0.25) is 0 Å². The third kappa shape index (κ3) is 3.90. The number of ether oxygens (including phenoxy) is 1. The summed E-state index contributed by atoms with van der Waals surface area (Å²) < 4.78 is 4.52. The van der Waals surface area contributed by atoms with Crippen molar-refractivity contribution in [3.8, 4) is 0 Å². The molecule has 7 heteroatoms. The first kappa shape index (κ1) is 13.3. The van der Waals surface area contributed by atoms with Crippen LogP contribution in [-0.4, -0.2) is 42.3 Å². The summed E-state index contributed by atoms with van der Waals surface area (Å²) in [6.45, 7) is 1.10. The van der Waals surface area contributed by atoms with Crippen molar-refractivity contribution in [2.75, 3.05) is 25.5 Å². The van der Waals surface area contributed by atoms with Gasteiger partial charge in [0.1, 0.15) is 5.82 Å². The molecule has 0 saturated heterocycles. The fraction of sp³-hybridized carbons (Fsp3) is 0.500. The third-order valence-corrected chi connectivity index (χ3v) is 2.74. The number of hydrogen-bond acceptors (Lipinski definition) is 6. The maximum Gasteiger partial charge on any atom is 0.358 e. The highest BCUT2D eigenvalue weighted by Gasteiger charge is 2.28. The highest BCUT2D eigenvalue weighted by atomic mass is 16.5. The largest absolute Gasteiger partial charge is 0.464 e. The molecule has 1 aromatic heterocycles. The summed E-state index contributed by atoms with van der Waals surface area (Å²) in [4.78, 5) is 22.5. The molecule has 1 saturated carbocycles. The van der Waals surface area contributed by atoms with Gasteiger partial charge in [-0.05, 0) is 25.0 Å². The molecule has 2 rings (SSSR count). The van der Waals surface area contributed by atoms with E-state index < -0.39 is 5.97 Å². The minimum atomic E-state index is -0.518. The van der Waals surface area contributed by atoms with Crippen LogP contribution in [-0.2, 0) is 9.53 Å². The number of carbonyl (C=O) groups excluding carboxylic acids is 2. The fourth-order valence-corrected chi connectivity index (χ4v) is 1.51. The maximum absolute atomic E-state index is 11.4. The zero-order valence-corrected chi connectivity index (χ0v) is 10.7. The van der Waals surface area contributed by atoms with E-state index in [1.807, 2.05) is 0 Å². The molecule has 1 aromatic rings. The smallest absolute Gasteiger partial charge is 0.358 e. The minimum Gasteiger partial charge on any atom is -0.464 e. The number of hydrogen-bond donors (Lipinski definition) is 2. The Bertz CT molecular complexity index is 457. The predicted molar refractivity (Wildman–Crippen MR) is 67.6 cm³/mol. The molecule has 0 spiro atoms. The molecule has 0 unspecified atom stereocenters. The van der Waals surface area contributed by atoms with Crippen LogP contribution in [0.5, 0.6) is 0 Å². The molecule has 1 aliphatic rings. The maximum atomic E-state index is 11.4. The molecule has 2 N–H and O–H groups in total. The highest BCUT2D eigenvalue weighted by molar-refractivity contribution is 5.86. The molecule has 0 aliphatic heterocycles. The van der Waals surface area contributed by atoms with Crippen LogP contribution in [0.1, 0.15) is 23.3 Å². The molecule has 0 aromatic carbocycles. The van der Waals surface area contributed by atoms with Gasteiger partial charge >= 0.3 is 5.97 Å². The Morgan fingerprint density at radius 3 is 2.68 bits per heavy atom. The van der Waals surface area contributed by atoms with E-state index in [0.29, 0.717) is 18.9 Å². The molecule has 19 heavy (non-hydrogen) atoms. The van der Waals surface area contributed by atoms with E-state index in [1.54, 1.807) is 6.07 Å². The van der Waals surface area contributed by atoms with Crippen LogP contribution in [0.4, 0.5) is 5.82 Å². The Kier molecular flexibility index (Phi) is 4.27. The van der Waals surface area contributed by atoms with Gasteiger partial charge in [-0.3, -0.25) is 4.79 Å². The van der Waals surface area contributed by atoms with Crippen LogP contribution in [0, 0.1) is 5.92 Å². The first-order chi connectivity index (χ1) is 9.20. The number of nitrogens with one attached hydrogen (secondary N) is 2.